The van der Waals surface area contributed by atoms with Crippen molar-refractivity contribution in [1.82, 2.24) is 9.78 Å². The summed E-state index contributed by atoms with van der Waals surface area (Å²) in [4.78, 5) is 24.6. The zero-order chi connectivity index (χ0) is 21.9. The van der Waals surface area contributed by atoms with E-state index in [9.17, 15) is 9.59 Å². The maximum absolute atomic E-state index is 12.4. The fourth-order valence-corrected chi connectivity index (χ4v) is 3.05. The minimum Gasteiger partial charge on any atom is -0.381 e. The van der Waals surface area contributed by atoms with E-state index in [1.165, 1.54) is 5.56 Å². The molecule has 0 aliphatic rings. The molecule has 7 nitrogen and oxygen atoms in total. The van der Waals surface area contributed by atoms with E-state index < -0.39 is 6.04 Å². The van der Waals surface area contributed by atoms with Gasteiger partial charge in [0.25, 0.3) is 0 Å². The third kappa shape index (κ3) is 7.38. The van der Waals surface area contributed by atoms with Crippen molar-refractivity contribution in [2.45, 2.75) is 32.2 Å². The molecule has 3 aromatic rings. The quantitative estimate of drug-likeness (QED) is 0.458. The van der Waals surface area contributed by atoms with E-state index in [1.54, 1.807) is 54.3 Å². The number of carbonyl (C=O) groups excluding carboxylic acids is 2. The van der Waals surface area contributed by atoms with Crippen LogP contribution in [0.25, 0.3) is 0 Å². The standard InChI is InChI=1S/C24H28N4O3/c1-19(28-15-7-14-25-28)24(30)27-22-11-5-10-21(18-22)26-23(29)12-6-16-31-17-13-20-8-3-2-4-9-20/h2-5,7-11,14-15,18-19H,6,12-13,16-17H2,1H3,(H,26,29)(H,27,30). The van der Waals surface area contributed by atoms with Gasteiger partial charge in [0.15, 0.2) is 0 Å². The van der Waals surface area contributed by atoms with E-state index in [0.717, 1.165) is 6.42 Å². The number of aromatic nitrogens is 2. The van der Waals surface area contributed by atoms with Gasteiger partial charge in [-0.25, -0.2) is 0 Å². The highest BCUT2D eigenvalue weighted by atomic mass is 16.5. The Hall–Kier alpha value is -3.45. The normalized spacial score (nSPS) is 11.6. The minimum absolute atomic E-state index is 0.0833. The van der Waals surface area contributed by atoms with E-state index in [1.807, 2.05) is 18.2 Å². The van der Waals surface area contributed by atoms with Crippen LogP contribution in [-0.4, -0.2) is 34.8 Å². The Bertz CT molecular complexity index is 958. The summed E-state index contributed by atoms with van der Waals surface area (Å²) in [6, 6.07) is 18.6. The molecule has 1 aromatic heterocycles. The van der Waals surface area contributed by atoms with Crippen molar-refractivity contribution in [1.29, 1.82) is 0 Å². The van der Waals surface area contributed by atoms with Crippen LogP contribution >= 0.6 is 0 Å². The van der Waals surface area contributed by atoms with Crippen LogP contribution in [-0.2, 0) is 20.7 Å². The second kappa shape index (κ2) is 11.7. The van der Waals surface area contributed by atoms with Gasteiger partial charge >= 0.3 is 0 Å². The zero-order valence-corrected chi connectivity index (χ0v) is 17.7. The fraction of sp³-hybridized carbons (Fsp3) is 0.292. The maximum Gasteiger partial charge on any atom is 0.248 e. The molecule has 2 aromatic carbocycles. The first-order valence-electron chi connectivity index (χ1n) is 10.4. The van der Waals surface area contributed by atoms with Gasteiger partial charge in [-0.3, -0.25) is 14.3 Å². The highest BCUT2D eigenvalue weighted by Gasteiger charge is 2.15. The number of carbonyl (C=O) groups is 2. The largest absolute Gasteiger partial charge is 0.381 e. The van der Waals surface area contributed by atoms with Crippen LogP contribution in [0, 0.1) is 0 Å². The molecular formula is C24H28N4O3. The predicted octanol–water partition coefficient (Wildman–Crippen LogP) is 4.06. The van der Waals surface area contributed by atoms with Crippen molar-refractivity contribution >= 4 is 23.2 Å². The van der Waals surface area contributed by atoms with Gasteiger partial charge in [0.2, 0.25) is 11.8 Å². The number of amides is 2. The molecule has 0 saturated heterocycles. The molecular weight excluding hydrogens is 392 g/mol. The first-order valence-corrected chi connectivity index (χ1v) is 10.4. The summed E-state index contributed by atoms with van der Waals surface area (Å²) in [7, 11) is 0. The number of nitrogens with one attached hydrogen (secondary N) is 2. The van der Waals surface area contributed by atoms with E-state index in [0.29, 0.717) is 37.4 Å². The first kappa shape index (κ1) is 22.2. The molecule has 0 radical (unpaired) electrons. The molecule has 0 aliphatic heterocycles. The van der Waals surface area contributed by atoms with Gasteiger partial charge in [-0.15, -0.1) is 0 Å². The lowest BCUT2D eigenvalue weighted by molar-refractivity contribution is -0.119. The van der Waals surface area contributed by atoms with E-state index in [2.05, 4.69) is 27.9 Å². The lowest BCUT2D eigenvalue weighted by Gasteiger charge is -2.13. The number of benzene rings is 2. The van der Waals surface area contributed by atoms with Crippen LogP contribution in [0.5, 0.6) is 0 Å². The molecule has 1 atom stereocenters. The molecule has 1 heterocycles. The Morgan fingerprint density at radius 3 is 2.52 bits per heavy atom. The molecule has 1 unspecified atom stereocenters. The van der Waals surface area contributed by atoms with Crippen LogP contribution in [0.15, 0.2) is 73.1 Å². The van der Waals surface area contributed by atoms with Gasteiger partial charge in [0.1, 0.15) is 6.04 Å². The SMILES string of the molecule is CC(C(=O)Nc1cccc(NC(=O)CCCOCCc2ccccc2)c1)n1cccn1. The lowest BCUT2D eigenvalue weighted by atomic mass is 10.2. The minimum atomic E-state index is -0.435. The fourth-order valence-electron chi connectivity index (χ4n) is 3.05. The van der Waals surface area contributed by atoms with Gasteiger partial charge in [-0.2, -0.15) is 5.10 Å². The van der Waals surface area contributed by atoms with Gasteiger partial charge in [-0.1, -0.05) is 36.4 Å². The molecule has 0 bridgehead atoms. The third-order valence-electron chi connectivity index (χ3n) is 4.79. The molecule has 0 aliphatic carbocycles. The van der Waals surface area contributed by atoms with Gasteiger partial charge in [0.05, 0.1) is 6.61 Å². The van der Waals surface area contributed by atoms with Crippen LogP contribution in [0.2, 0.25) is 0 Å². The summed E-state index contributed by atoms with van der Waals surface area (Å²) < 4.78 is 7.21. The molecule has 0 fully saturated rings. The molecule has 7 heteroatoms. The number of rotatable bonds is 11. The molecule has 162 valence electrons. The topological polar surface area (TPSA) is 85.3 Å². The Balaban J connectivity index is 1.36. The summed E-state index contributed by atoms with van der Waals surface area (Å²) in [6.45, 7) is 2.96. The number of hydrogen-bond acceptors (Lipinski definition) is 4. The Morgan fingerprint density at radius 1 is 1.00 bits per heavy atom. The van der Waals surface area contributed by atoms with Crippen molar-refractivity contribution in [3.63, 3.8) is 0 Å². The highest BCUT2D eigenvalue weighted by molar-refractivity contribution is 5.95. The van der Waals surface area contributed by atoms with Gasteiger partial charge in [-0.05, 0) is 49.6 Å². The number of anilines is 2. The summed E-state index contributed by atoms with van der Waals surface area (Å²) in [5, 5.41) is 9.80. The average Bonchev–Trinajstić information content (AvgIpc) is 3.31. The van der Waals surface area contributed by atoms with Gasteiger partial charge < -0.3 is 15.4 Å². The molecule has 2 amide bonds. The smallest absolute Gasteiger partial charge is 0.248 e. The average molecular weight is 421 g/mol. The summed E-state index contributed by atoms with van der Waals surface area (Å²) in [5.41, 5.74) is 2.50. The summed E-state index contributed by atoms with van der Waals surface area (Å²) in [6.07, 6.45) is 5.27. The summed E-state index contributed by atoms with van der Waals surface area (Å²) in [5.74, 6) is -0.264. The Kier molecular flexibility index (Phi) is 8.37. The van der Waals surface area contributed by atoms with Crippen molar-refractivity contribution in [2.24, 2.45) is 0 Å². The number of nitrogens with zero attached hydrogens (tertiary/aromatic N) is 2. The van der Waals surface area contributed by atoms with Crippen molar-refractivity contribution < 1.29 is 14.3 Å². The Labute approximate surface area is 182 Å². The number of ether oxygens (including phenoxy) is 1. The van der Waals surface area contributed by atoms with E-state index >= 15 is 0 Å². The molecule has 0 spiro atoms. The van der Waals surface area contributed by atoms with E-state index in [-0.39, 0.29) is 11.8 Å². The van der Waals surface area contributed by atoms with Crippen molar-refractivity contribution in [2.75, 3.05) is 23.8 Å². The lowest BCUT2D eigenvalue weighted by Crippen LogP contribution is -2.24. The summed E-state index contributed by atoms with van der Waals surface area (Å²) >= 11 is 0. The van der Waals surface area contributed by atoms with E-state index in [4.69, 9.17) is 4.74 Å². The molecule has 0 saturated carbocycles. The highest BCUT2D eigenvalue weighted by Crippen LogP contribution is 2.17. The predicted molar refractivity (Wildman–Crippen MR) is 121 cm³/mol. The first-order chi connectivity index (χ1) is 15.1. The zero-order valence-electron chi connectivity index (χ0n) is 17.7. The number of hydrogen-bond donors (Lipinski definition) is 2. The van der Waals surface area contributed by atoms with Crippen molar-refractivity contribution in [3.8, 4) is 0 Å². The maximum atomic E-state index is 12.4. The van der Waals surface area contributed by atoms with Crippen LogP contribution in [0.1, 0.15) is 31.4 Å². The molecule has 31 heavy (non-hydrogen) atoms. The van der Waals surface area contributed by atoms with Crippen LogP contribution < -0.4 is 10.6 Å². The van der Waals surface area contributed by atoms with Crippen molar-refractivity contribution in [3.05, 3.63) is 78.6 Å². The second-order valence-electron chi connectivity index (χ2n) is 7.23. The Morgan fingerprint density at radius 2 is 1.77 bits per heavy atom. The molecule has 2 N–H and O–H groups in total. The molecule has 3 rings (SSSR count). The third-order valence-corrected chi connectivity index (χ3v) is 4.79. The van der Waals surface area contributed by atoms with Crippen LogP contribution in [0.3, 0.4) is 0 Å². The van der Waals surface area contributed by atoms with Gasteiger partial charge in [0, 0.05) is 36.8 Å². The second-order valence-corrected chi connectivity index (χ2v) is 7.23. The monoisotopic (exact) mass is 420 g/mol. The van der Waals surface area contributed by atoms with Crippen LogP contribution in [0.4, 0.5) is 11.4 Å².